The van der Waals surface area contributed by atoms with Crippen LogP contribution >= 0.6 is 11.3 Å². The predicted octanol–water partition coefficient (Wildman–Crippen LogP) is 1.00. The molecule has 1 rings (SSSR count). The van der Waals surface area contributed by atoms with Gasteiger partial charge in [0.2, 0.25) is 0 Å². The van der Waals surface area contributed by atoms with Crippen molar-refractivity contribution in [3.8, 4) is 0 Å². The number of carbonyl (C=O) groups is 1. The Kier molecular flexibility index (Phi) is 3.45. The fourth-order valence-electron chi connectivity index (χ4n) is 0.815. The van der Waals surface area contributed by atoms with E-state index in [1.807, 2.05) is 5.38 Å². The SMILES string of the molecule is NC(=CCCc1nccs1)C(=O)O. The van der Waals surface area contributed by atoms with E-state index in [4.69, 9.17) is 10.8 Å². The first kappa shape index (κ1) is 9.73. The Labute approximate surface area is 79.7 Å². The molecule has 0 amide bonds. The van der Waals surface area contributed by atoms with E-state index in [-0.39, 0.29) is 5.70 Å². The van der Waals surface area contributed by atoms with E-state index in [0.29, 0.717) is 6.42 Å². The monoisotopic (exact) mass is 198 g/mol. The van der Waals surface area contributed by atoms with E-state index in [1.54, 1.807) is 17.5 Å². The molecule has 0 aliphatic heterocycles. The number of nitrogens with zero attached hydrogens (tertiary/aromatic N) is 1. The second-order valence-corrected chi connectivity index (χ2v) is 3.41. The molecule has 13 heavy (non-hydrogen) atoms. The number of nitrogens with two attached hydrogens (primary N) is 1. The largest absolute Gasteiger partial charge is 0.477 e. The minimum Gasteiger partial charge on any atom is -0.477 e. The number of hydrogen-bond donors (Lipinski definition) is 2. The van der Waals surface area contributed by atoms with E-state index in [9.17, 15) is 4.79 Å². The molecule has 0 fully saturated rings. The minimum atomic E-state index is -1.07. The molecular formula is C8H10N2O2S. The standard InChI is InChI=1S/C8H10N2O2S/c9-6(8(11)12)2-1-3-7-10-4-5-13-7/h2,4-5H,1,3,9H2,(H,11,12). The lowest BCUT2D eigenvalue weighted by Crippen LogP contribution is -2.09. The van der Waals surface area contributed by atoms with Crippen molar-refractivity contribution in [2.24, 2.45) is 5.73 Å². The maximum atomic E-state index is 10.3. The van der Waals surface area contributed by atoms with Crippen molar-refractivity contribution in [1.29, 1.82) is 0 Å². The van der Waals surface area contributed by atoms with Gasteiger partial charge in [0.15, 0.2) is 0 Å². The number of aromatic nitrogens is 1. The Morgan fingerprint density at radius 1 is 1.77 bits per heavy atom. The van der Waals surface area contributed by atoms with Crippen LogP contribution in [-0.2, 0) is 11.2 Å². The van der Waals surface area contributed by atoms with Gasteiger partial charge in [-0.1, -0.05) is 6.08 Å². The summed E-state index contributed by atoms with van der Waals surface area (Å²) in [4.78, 5) is 14.3. The summed E-state index contributed by atoms with van der Waals surface area (Å²) in [5.74, 6) is -1.07. The van der Waals surface area contributed by atoms with Gasteiger partial charge >= 0.3 is 5.97 Å². The molecule has 0 aliphatic carbocycles. The third-order valence-corrected chi connectivity index (χ3v) is 2.29. The van der Waals surface area contributed by atoms with E-state index in [0.717, 1.165) is 11.4 Å². The number of hydrogen-bond acceptors (Lipinski definition) is 4. The van der Waals surface area contributed by atoms with Gasteiger partial charge in [-0.05, 0) is 6.42 Å². The lowest BCUT2D eigenvalue weighted by atomic mass is 10.2. The smallest absolute Gasteiger partial charge is 0.351 e. The van der Waals surface area contributed by atoms with Gasteiger partial charge in [-0.3, -0.25) is 0 Å². The van der Waals surface area contributed by atoms with E-state index in [2.05, 4.69) is 4.98 Å². The maximum absolute atomic E-state index is 10.3. The Balaban J connectivity index is 2.36. The van der Waals surface area contributed by atoms with Gasteiger partial charge < -0.3 is 10.8 Å². The number of allylic oxidation sites excluding steroid dienone is 1. The zero-order valence-corrected chi connectivity index (χ0v) is 7.75. The first-order valence-corrected chi connectivity index (χ1v) is 4.65. The molecule has 0 saturated heterocycles. The number of rotatable bonds is 4. The average Bonchev–Trinajstić information content (AvgIpc) is 2.56. The first-order chi connectivity index (χ1) is 6.20. The zero-order valence-electron chi connectivity index (χ0n) is 6.93. The summed E-state index contributed by atoms with van der Waals surface area (Å²) >= 11 is 1.55. The lowest BCUT2D eigenvalue weighted by molar-refractivity contribution is -0.132. The van der Waals surface area contributed by atoms with Crippen molar-refractivity contribution in [3.63, 3.8) is 0 Å². The fourth-order valence-corrected chi connectivity index (χ4v) is 1.45. The van der Waals surface area contributed by atoms with Gasteiger partial charge in [0.1, 0.15) is 5.70 Å². The van der Waals surface area contributed by atoms with Crippen LogP contribution in [0.2, 0.25) is 0 Å². The highest BCUT2D eigenvalue weighted by Crippen LogP contribution is 2.07. The number of aryl methyl sites for hydroxylation is 1. The number of carboxylic acids is 1. The summed E-state index contributed by atoms with van der Waals surface area (Å²) in [6.45, 7) is 0. The Bertz CT molecular complexity index is 306. The van der Waals surface area contributed by atoms with Crippen molar-refractivity contribution in [3.05, 3.63) is 28.4 Å². The maximum Gasteiger partial charge on any atom is 0.351 e. The van der Waals surface area contributed by atoms with Crippen molar-refractivity contribution in [1.82, 2.24) is 4.98 Å². The minimum absolute atomic E-state index is 0.100. The van der Waals surface area contributed by atoms with Crippen LogP contribution in [0.1, 0.15) is 11.4 Å². The quantitative estimate of drug-likeness (QED) is 0.708. The van der Waals surface area contributed by atoms with Crippen LogP contribution < -0.4 is 5.73 Å². The Hall–Kier alpha value is -1.36. The molecule has 3 N–H and O–H groups in total. The molecule has 1 aromatic heterocycles. The molecular weight excluding hydrogens is 188 g/mol. The third kappa shape index (κ3) is 3.25. The number of thiazole rings is 1. The van der Waals surface area contributed by atoms with E-state index >= 15 is 0 Å². The van der Waals surface area contributed by atoms with Gasteiger partial charge in [0, 0.05) is 18.0 Å². The van der Waals surface area contributed by atoms with E-state index in [1.165, 1.54) is 6.08 Å². The van der Waals surface area contributed by atoms with Crippen molar-refractivity contribution >= 4 is 17.3 Å². The van der Waals surface area contributed by atoms with Crippen molar-refractivity contribution < 1.29 is 9.90 Å². The summed E-state index contributed by atoms with van der Waals surface area (Å²) in [6, 6.07) is 0. The Morgan fingerprint density at radius 3 is 3.08 bits per heavy atom. The summed E-state index contributed by atoms with van der Waals surface area (Å²) in [7, 11) is 0. The zero-order chi connectivity index (χ0) is 9.68. The molecule has 0 saturated carbocycles. The summed E-state index contributed by atoms with van der Waals surface area (Å²) in [6.07, 6.45) is 4.59. The molecule has 0 unspecified atom stereocenters. The molecule has 1 heterocycles. The first-order valence-electron chi connectivity index (χ1n) is 3.77. The number of carboxylic acid groups (broad SMARTS) is 1. The molecule has 0 atom stereocenters. The summed E-state index contributed by atoms with van der Waals surface area (Å²) < 4.78 is 0. The van der Waals surface area contributed by atoms with Crippen molar-refractivity contribution in [2.75, 3.05) is 0 Å². The van der Waals surface area contributed by atoms with Crippen LogP contribution in [0.5, 0.6) is 0 Å². The molecule has 0 bridgehead atoms. The fraction of sp³-hybridized carbons (Fsp3) is 0.250. The van der Waals surface area contributed by atoms with Crippen LogP contribution in [0, 0.1) is 0 Å². The van der Waals surface area contributed by atoms with Crippen LogP contribution in [0.3, 0.4) is 0 Å². The van der Waals surface area contributed by atoms with Gasteiger partial charge in [-0.2, -0.15) is 0 Å². The third-order valence-electron chi connectivity index (χ3n) is 1.45. The van der Waals surface area contributed by atoms with Crippen LogP contribution in [0.4, 0.5) is 0 Å². The van der Waals surface area contributed by atoms with Gasteiger partial charge in [0.25, 0.3) is 0 Å². The highest BCUT2D eigenvalue weighted by atomic mass is 32.1. The second kappa shape index (κ2) is 4.61. The van der Waals surface area contributed by atoms with Crippen LogP contribution in [0.25, 0.3) is 0 Å². The normalized spacial score (nSPS) is 11.5. The molecule has 0 radical (unpaired) electrons. The molecule has 0 aromatic carbocycles. The highest BCUT2D eigenvalue weighted by Gasteiger charge is 1.99. The molecule has 5 heteroatoms. The van der Waals surface area contributed by atoms with Gasteiger partial charge in [-0.25, -0.2) is 9.78 Å². The average molecular weight is 198 g/mol. The summed E-state index contributed by atoms with van der Waals surface area (Å²) in [5.41, 5.74) is 5.10. The second-order valence-electron chi connectivity index (χ2n) is 2.43. The molecule has 1 aromatic rings. The lowest BCUT2D eigenvalue weighted by Gasteiger charge is -1.93. The molecule has 70 valence electrons. The summed E-state index contributed by atoms with van der Waals surface area (Å²) in [5, 5.41) is 11.3. The Morgan fingerprint density at radius 2 is 2.54 bits per heavy atom. The van der Waals surface area contributed by atoms with Gasteiger partial charge in [0.05, 0.1) is 5.01 Å². The highest BCUT2D eigenvalue weighted by molar-refractivity contribution is 7.09. The van der Waals surface area contributed by atoms with E-state index < -0.39 is 5.97 Å². The van der Waals surface area contributed by atoms with Gasteiger partial charge in [-0.15, -0.1) is 11.3 Å². The number of aliphatic carboxylic acids is 1. The predicted molar refractivity (Wildman–Crippen MR) is 50.3 cm³/mol. The van der Waals surface area contributed by atoms with Crippen LogP contribution in [0.15, 0.2) is 23.3 Å². The molecule has 0 aliphatic rings. The van der Waals surface area contributed by atoms with Crippen molar-refractivity contribution in [2.45, 2.75) is 12.8 Å². The molecule has 4 nitrogen and oxygen atoms in total. The molecule has 0 spiro atoms. The van der Waals surface area contributed by atoms with Crippen LogP contribution in [-0.4, -0.2) is 16.1 Å². The topological polar surface area (TPSA) is 76.2 Å².